The Morgan fingerprint density at radius 3 is 2.60 bits per heavy atom. The van der Waals surface area contributed by atoms with Crippen LogP contribution >= 0.6 is 0 Å². The first-order valence-corrected chi connectivity index (χ1v) is 4.85. The molecule has 2 N–H and O–H groups in total. The van der Waals surface area contributed by atoms with Crippen molar-refractivity contribution in [2.24, 2.45) is 0 Å². The van der Waals surface area contributed by atoms with E-state index in [0.29, 0.717) is 17.3 Å². The van der Waals surface area contributed by atoms with Gasteiger partial charge in [0.1, 0.15) is 5.82 Å². The molecule has 0 spiro atoms. The molecule has 2 aromatic heterocycles. The van der Waals surface area contributed by atoms with E-state index in [2.05, 4.69) is 9.97 Å². The Labute approximate surface area is 88.1 Å². The minimum atomic E-state index is 0.107. The van der Waals surface area contributed by atoms with Crippen LogP contribution in [0.25, 0.3) is 11.0 Å². The average Bonchev–Trinajstić information content (AvgIpc) is 2.16. The first-order chi connectivity index (χ1) is 7.15. The van der Waals surface area contributed by atoms with Crippen molar-refractivity contribution in [2.45, 2.75) is 20.0 Å². The van der Waals surface area contributed by atoms with E-state index in [4.69, 9.17) is 10.5 Å². The predicted molar refractivity (Wildman–Crippen MR) is 59.7 cm³/mol. The maximum Gasteiger partial charge on any atom is 0.215 e. The lowest BCUT2D eigenvalue weighted by Gasteiger charge is -2.08. The van der Waals surface area contributed by atoms with E-state index in [1.165, 1.54) is 0 Å². The van der Waals surface area contributed by atoms with Crippen LogP contribution in [-0.4, -0.2) is 16.1 Å². The van der Waals surface area contributed by atoms with E-state index in [-0.39, 0.29) is 6.10 Å². The summed E-state index contributed by atoms with van der Waals surface area (Å²) >= 11 is 0. The summed E-state index contributed by atoms with van der Waals surface area (Å²) in [5, 5.41) is 0.959. The third kappa shape index (κ3) is 2.15. The summed E-state index contributed by atoms with van der Waals surface area (Å²) in [4.78, 5) is 8.39. The van der Waals surface area contributed by atoms with E-state index in [1.54, 1.807) is 6.07 Å². The number of fused-ring (bicyclic) bond motifs is 1. The van der Waals surface area contributed by atoms with Gasteiger partial charge >= 0.3 is 0 Å². The largest absolute Gasteiger partial charge is 0.475 e. The van der Waals surface area contributed by atoms with Gasteiger partial charge in [-0.1, -0.05) is 0 Å². The van der Waals surface area contributed by atoms with Crippen LogP contribution in [0.1, 0.15) is 13.8 Å². The van der Waals surface area contributed by atoms with Crippen molar-refractivity contribution >= 4 is 16.9 Å². The van der Waals surface area contributed by atoms with Gasteiger partial charge in [0.2, 0.25) is 5.88 Å². The topological polar surface area (TPSA) is 61.0 Å². The smallest absolute Gasteiger partial charge is 0.215 e. The first kappa shape index (κ1) is 9.71. The molecule has 0 amide bonds. The van der Waals surface area contributed by atoms with Crippen molar-refractivity contribution in [3.63, 3.8) is 0 Å². The van der Waals surface area contributed by atoms with Gasteiger partial charge in [0.25, 0.3) is 0 Å². The number of nitrogen functional groups attached to an aromatic ring is 1. The highest BCUT2D eigenvalue weighted by Gasteiger charge is 2.02. The third-order valence-electron chi connectivity index (χ3n) is 1.90. The standard InChI is InChI=1S/C11H13N3O/c1-7(2)15-10-6-4-8-3-5-9(12)13-11(8)14-10/h3-7H,1-2H3,(H2,12,13,14). The molecule has 0 unspecified atom stereocenters. The molecule has 78 valence electrons. The van der Waals surface area contributed by atoms with Crippen LogP contribution in [0.2, 0.25) is 0 Å². The number of rotatable bonds is 2. The van der Waals surface area contributed by atoms with Crippen molar-refractivity contribution < 1.29 is 4.74 Å². The summed E-state index contributed by atoms with van der Waals surface area (Å²) in [7, 11) is 0. The molecule has 4 heteroatoms. The second-order valence-electron chi connectivity index (χ2n) is 3.60. The second kappa shape index (κ2) is 3.73. The Morgan fingerprint density at radius 1 is 1.13 bits per heavy atom. The predicted octanol–water partition coefficient (Wildman–Crippen LogP) is 2.00. The van der Waals surface area contributed by atoms with E-state index in [0.717, 1.165) is 5.39 Å². The highest BCUT2D eigenvalue weighted by molar-refractivity contribution is 5.76. The Morgan fingerprint density at radius 2 is 1.87 bits per heavy atom. The Balaban J connectivity index is 2.45. The molecule has 0 atom stereocenters. The summed E-state index contributed by atoms with van der Waals surface area (Å²) in [5.41, 5.74) is 6.20. The zero-order chi connectivity index (χ0) is 10.8. The number of nitrogens with two attached hydrogens (primary N) is 1. The quantitative estimate of drug-likeness (QED) is 0.810. The monoisotopic (exact) mass is 203 g/mol. The van der Waals surface area contributed by atoms with Gasteiger partial charge in [0, 0.05) is 11.5 Å². The van der Waals surface area contributed by atoms with Crippen molar-refractivity contribution in [2.75, 3.05) is 5.73 Å². The lowest BCUT2D eigenvalue weighted by molar-refractivity contribution is 0.233. The summed E-state index contributed by atoms with van der Waals surface area (Å²) < 4.78 is 5.47. The third-order valence-corrected chi connectivity index (χ3v) is 1.90. The number of nitrogens with zero attached hydrogens (tertiary/aromatic N) is 2. The Kier molecular flexibility index (Phi) is 2.41. The van der Waals surface area contributed by atoms with Crippen molar-refractivity contribution in [1.29, 1.82) is 0 Å². The van der Waals surface area contributed by atoms with E-state index in [9.17, 15) is 0 Å². The molecule has 15 heavy (non-hydrogen) atoms. The molecule has 0 aliphatic rings. The van der Waals surface area contributed by atoms with Gasteiger partial charge in [-0.25, -0.2) is 4.98 Å². The minimum absolute atomic E-state index is 0.107. The van der Waals surface area contributed by atoms with Crippen LogP contribution in [0.3, 0.4) is 0 Å². The average molecular weight is 203 g/mol. The van der Waals surface area contributed by atoms with Crippen molar-refractivity contribution in [3.8, 4) is 5.88 Å². The number of pyridine rings is 2. The molecule has 0 aliphatic carbocycles. The van der Waals surface area contributed by atoms with Crippen LogP contribution in [0.15, 0.2) is 24.3 Å². The molecular weight excluding hydrogens is 190 g/mol. The molecule has 0 saturated carbocycles. The molecule has 2 aromatic rings. The lowest BCUT2D eigenvalue weighted by Crippen LogP contribution is -2.07. The van der Waals surface area contributed by atoms with Gasteiger partial charge < -0.3 is 10.5 Å². The highest BCUT2D eigenvalue weighted by Crippen LogP contribution is 2.16. The Bertz CT molecular complexity index is 482. The fourth-order valence-electron chi connectivity index (χ4n) is 1.30. The maximum absolute atomic E-state index is 5.58. The first-order valence-electron chi connectivity index (χ1n) is 4.85. The van der Waals surface area contributed by atoms with E-state index >= 15 is 0 Å². The molecule has 0 aromatic carbocycles. The molecule has 0 aliphatic heterocycles. The number of hydrogen-bond donors (Lipinski definition) is 1. The fourth-order valence-corrected chi connectivity index (χ4v) is 1.30. The van der Waals surface area contributed by atoms with Gasteiger partial charge in [-0.05, 0) is 32.0 Å². The summed E-state index contributed by atoms with van der Waals surface area (Å²) in [5.74, 6) is 1.05. The maximum atomic E-state index is 5.58. The summed E-state index contributed by atoms with van der Waals surface area (Å²) in [6.45, 7) is 3.91. The van der Waals surface area contributed by atoms with Crippen LogP contribution in [-0.2, 0) is 0 Å². The van der Waals surface area contributed by atoms with Gasteiger partial charge in [0.05, 0.1) is 6.10 Å². The molecule has 0 fully saturated rings. The lowest BCUT2D eigenvalue weighted by atomic mass is 10.3. The zero-order valence-electron chi connectivity index (χ0n) is 8.77. The zero-order valence-corrected chi connectivity index (χ0v) is 8.77. The fraction of sp³-hybridized carbons (Fsp3) is 0.273. The van der Waals surface area contributed by atoms with E-state index in [1.807, 2.05) is 32.0 Å². The molecule has 2 heterocycles. The number of anilines is 1. The number of ether oxygens (including phenoxy) is 1. The summed E-state index contributed by atoms with van der Waals surface area (Å²) in [6.07, 6.45) is 0.107. The van der Waals surface area contributed by atoms with E-state index < -0.39 is 0 Å². The Hall–Kier alpha value is -1.84. The summed E-state index contributed by atoms with van der Waals surface area (Å²) in [6, 6.07) is 7.41. The number of aromatic nitrogens is 2. The van der Waals surface area contributed by atoms with Crippen molar-refractivity contribution in [1.82, 2.24) is 9.97 Å². The molecule has 2 rings (SSSR count). The highest BCUT2D eigenvalue weighted by atomic mass is 16.5. The van der Waals surface area contributed by atoms with Gasteiger partial charge in [0.15, 0.2) is 5.65 Å². The van der Waals surface area contributed by atoms with Gasteiger partial charge in [-0.2, -0.15) is 4.98 Å². The molecule has 0 radical (unpaired) electrons. The second-order valence-corrected chi connectivity index (χ2v) is 3.60. The van der Waals surface area contributed by atoms with Crippen molar-refractivity contribution in [3.05, 3.63) is 24.3 Å². The van der Waals surface area contributed by atoms with Crippen LogP contribution < -0.4 is 10.5 Å². The SMILES string of the molecule is CC(C)Oc1ccc2ccc(N)nc2n1. The molecule has 4 nitrogen and oxygen atoms in total. The number of hydrogen-bond acceptors (Lipinski definition) is 4. The normalized spacial score (nSPS) is 10.9. The molecule has 0 bridgehead atoms. The molecular formula is C11H13N3O. The van der Waals surface area contributed by atoms with Crippen LogP contribution in [0, 0.1) is 0 Å². The van der Waals surface area contributed by atoms with Crippen LogP contribution in [0.4, 0.5) is 5.82 Å². The van der Waals surface area contributed by atoms with Gasteiger partial charge in [-0.3, -0.25) is 0 Å². The minimum Gasteiger partial charge on any atom is -0.475 e. The molecule has 0 saturated heterocycles. The van der Waals surface area contributed by atoms with Gasteiger partial charge in [-0.15, -0.1) is 0 Å². The van der Waals surface area contributed by atoms with Crippen LogP contribution in [0.5, 0.6) is 5.88 Å².